The number of benzene rings is 1. The van der Waals surface area contributed by atoms with E-state index in [4.69, 9.17) is 30.3 Å². The highest BCUT2D eigenvalue weighted by molar-refractivity contribution is 7.59. The maximum absolute atomic E-state index is 9.00. The van der Waals surface area contributed by atoms with Gasteiger partial charge in [-0.3, -0.25) is 9.59 Å². The maximum Gasteiger partial charge on any atom is 0.300 e. The Morgan fingerprint density at radius 2 is 1.27 bits per heavy atom. The van der Waals surface area contributed by atoms with E-state index in [1.807, 2.05) is 18.2 Å². The Morgan fingerprint density at radius 1 is 1.00 bits per heavy atom. The standard InChI is InChI=1S/C7H8.C3H2N2.2C2H4O2.H3N.H2S/c1-7-5-3-2-4-6-7;4-2-1-3-5;2*1-2(3)4;;/h2-6H,1H3;1H2;2*1H3,(H,3,4);1H3;1H2. The lowest BCUT2D eigenvalue weighted by atomic mass is 10.2. The summed E-state index contributed by atoms with van der Waals surface area (Å²) in [6.45, 7) is 4.25. The van der Waals surface area contributed by atoms with Crippen molar-refractivity contribution in [2.75, 3.05) is 0 Å². The van der Waals surface area contributed by atoms with Crippen molar-refractivity contribution in [3.05, 3.63) is 35.9 Å². The van der Waals surface area contributed by atoms with Crippen molar-refractivity contribution in [1.29, 1.82) is 10.5 Å². The summed E-state index contributed by atoms with van der Waals surface area (Å²) in [6, 6.07) is 13.6. The Balaban J connectivity index is -0.0000000587. The van der Waals surface area contributed by atoms with Crippen LogP contribution in [0.2, 0.25) is 0 Å². The van der Waals surface area contributed by atoms with Crippen LogP contribution in [0.5, 0.6) is 0 Å². The Hall–Kier alpha value is -2.55. The van der Waals surface area contributed by atoms with Crippen LogP contribution < -0.4 is 6.15 Å². The number of rotatable bonds is 0. The molecule has 0 radical (unpaired) electrons. The van der Waals surface area contributed by atoms with E-state index in [0.29, 0.717) is 0 Å². The first-order chi connectivity index (χ1) is 9.27. The van der Waals surface area contributed by atoms with E-state index >= 15 is 0 Å². The van der Waals surface area contributed by atoms with Crippen LogP contribution >= 0.6 is 13.5 Å². The Morgan fingerprint density at radius 3 is 1.36 bits per heavy atom. The third kappa shape index (κ3) is 85.1. The molecule has 8 heteroatoms. The van der Waals surface area contributed by atoms with Gasteiger partial charge in [0.15, 0.2) is 0 Å². The average Bonchev–Trinajstić information content (AvgIpc) is 2.30. The third-order valence-corrected chi connectivity index (χ3v) is 1.10. The maximum atomic E-state index is 9.00. The van der Waals surface area contributed by atoms with Crippen LogP contribution in [0.3, 0.4) is 0 Å². The van der Waals surface area contributed by atoms with Crippen molar-refractivity contribution in [1.82, 2.24) is 6.15 Å². The number of carboxylic acids is 2. The van der Waals surface area contributed by atoms with Gasteiger partial charge >= 0.3 is 0 Å². The van der Waals surface area contributed by atoms with Crippen LogP contribution in [0.25, 0.3) is 0 Å². The van der Waals surface area contributed by atoms with Crippen molar-refractivity contribution < 1.29 is 19.8 Å². The summed E-state index contributed by atoms with van der Waals surface area (Å²) in [5.74, 6) is -1.67. The molecular formula is C14H23N3O4S. The van der Waals surface area contributed by atoms with Crippen molar-refractivity contribution in [2.24, 2.45) is 0 Å². The lowest BCUT2D eigenvalue weighted by molar-refractivity contribution is -0.135. The van der Waals surface area contributed by atoms with Crippen molar-refractivity contribution >= 4 is 25.4 Å². The summed E-state index contributed by atoms with van der Waals surface area (Å²) in [5, 5.41) is 30.0. The first kappa shape index (κ1) is 31.7. The second-order valence-electron chi connectivity index (χ2n) is 3.19. The minimum atomic E-state index is -0.833. The molecule has 1 aromatic carbocycles. The fourth-order valence-corrected chi connectivity index (χ4v) is 0.570. The number of aliphatic carboxylic acids is 2. The number of hydrogen-bond acceptors (Lipinski definition) is 5. The van der Waals surface area contributed by atoms with E-state index in [0.717, 1.165) is 13.8 Å². The lowest BCUT2D eigenvalue weighted by Crippen LogP contribution is -1.78. The molecule has 0 aliphatic heterocycles. The number of carboxylic acid groups (broad SMARTS) is 2. The van der Waals surface area contributed by atoms with Gasteiger partial charge in [0.25, 0.3) is 11.9 Å². The van der Waals surface area contributed by atoms with Gasteiger partial charge in [0.2, 0.25) is 0 Å². The van der Waals surface area contributed by atoms with Gasteiger partial charge in [0.05, 0.1) is 12.1 Å². The molecule has 0 spiro atoms. The predicted molar refractivity (Wildman–Crippen MR) is 89.0 cm³/mol. The van der Waals surface area contributed by atoms with E-state index < -0.39 is 11.9 Å². The Bertz CT molecular complexity index is 421. The molecule has 1 rings (SSSR count). The van der Waals surface area contributed by atoms with Crippen LogP contribution in [0.4, 0.5) is 0 Å². The smallest absolute Gasteiger partial charge is 0.300 e. The molecule has 7 nitrogen and oxygen atoms in total. The summed E-state index contributed by atoms with van der Waals surface area (Å²) < 4.78 is 0. The highest BCUT2D eigenvalue weighted by Gasteiger charge is 1.72. The van der Waals surface area contributed by atoms with Crippen LogP contribution in [-0.2, 0) is 9.59 Å². The molecule has 22 heavy (non-hydrogen) atoms. The molecule has 5 N–H and O–H groups in total. The van der Waals surface area contributed by atoms with Crippen molar-refractivity contribution in [3.63, 3.8) is 0 Å². The van der Waals surface area contributed by atoms with Gasteiger partial charge < -0.3 is 16.4 Å². The zero-order chi connectivity index (χ0) is 16.4. The molecule has 0 atom stereocenters. The lowest BCUT2D eigenvalue weighted by Gasteiger charge is -1.82. The number of carbonyl (C=O) groups is 2. The highest BCUT2D eigenvalue weighted by atomic mass is 32.1. The van der Waals surface area contributed by atoms with Crippen LogP contribution in [-0.4, -0.2) is 22.2 Å². The number of nitriles is 2. The quantitative estimate of drug-likeness (QED) is 0.660. The molecular weight excluding hydrogens is 306 g/mol. The molecule has 0 fully saturated rings. The van der Waals surface area contributed by atoms with Gasteiger partial charge in [-0.25, -0.2) is 0 Å². The molecule has 0 aromatic heterocycles. The summed E-state index contributed by atoms with van der Waals surface area (Å²) in [6.07, 6.45) is 0. The van der Waals surface area contributed by atoms with E-state index in [-0.39, 0.29) is 26.1 Å². The van der Waals surface area contributed by atoms with Gasteiger partial charge in [-0.2, -0.15) is 24.0 Å². The third-order valence-electron chi connectivity index (χ3n) is 1.10. The first-order valence-electron chi connectivity index (χ1n) is 5.42. The van der Waals surface area contributed by atoms with Crippen molar-refractivity contribution in [3.8, 4) is 12.1 Å². The van der Waals surface area contributed by atoms with Gasteiger partial charge in [0, 0.05) is 13.8 Å². The highest BCUT2D eigenvalue weighted by Crippen LogP contribution is 1.92. The van der Waals surface area contributed by atoms with Crippen LogP contribution in [0, 0.1) is 29.6 Å². The summed E-state index contributed by atoms with van der Waals surface area (Å²) in [5.41, 5.74) is 1.32. The first-order valence-corrected chi connectivity index (χ1v) is 5.42. The Labute approximate surface area is 137 Å². The molecule has 0 aliphatic rings. The van der Waals surface area contributed by atoms with Gasteiger partial charge in [0.1, 0.15) is 6.42 Å². The average molecular weight is 329 g/mol. The predicted octanol–water partition coefficient (Wildman–Crippen LogP) is 2.88. The van der Waals surface area contributed by atoms with Gasteiger partial charge in [-0.05, 0) is 6.92 Å². The van der Waals surface area contributed by atoms with E-state index in [1.54, 1.807) is 12.1 Å². The minimum absolute atomic E-state index is 0. The molecule has 0 heterocycles. The van der Waals surface area contributed by atoms with Gasteiger partial charge in [-0.15, -0.1) is 0 Å². The van der Waals surface area contributed by atoms with Crippen LogP contribution in [0.1, 0.15) is 25.8 Å². The molecule has 0 saturated heterocycles. The molecule has 0 bridgehead atoms. The topological polar surface area (TPSA) is 157 Å². The monoisotopic (exact) mass is 329 g/mol. The van der Waals surface area contributed by atoms with E-state index in [2.05, 4.69) is 19.1 Å². The van der Waals surface area contributed by atoms with E-state index in [9.17, 15) is 0 Å². The largest absolute Gasteiger partial charge is 0.481 e. The minimum Gasteiger partial charge on any atom is -0.481 e. The summed E-state index contributed by atoms with van der Waals surface area (Å²) in [4.78, 5) is 18.0. The fraction of sp³-hybridized carbons (Fsp3) is 0.286. The second-order valence-corrected chi connectivity index (χ2v) is 3.19. The SMILES string of the molecule is CC(=O)O.CC(=O)O.Cc1ccccc1.N.N#CCC#N.S. The van der Waals surface area contributed by atoms with Gasteiger partial charge in [-0.1, -0.05) is 35.9 Å². The summed E-state index contributed by atoms with van der Waals surface area (Å²) in [7, 11) is 0. The summed E-state index contributed by atoms with van der Waals surface area (Å²) >= 11 is 0. The molecule has 0 amide bonds. The molecule has 124 valence electrons. The molecule has 1 aromatic rings. The molecule has 0 saturated carbocycles. The second kappa shape index (κ2) is 26.9. The normalized spacial score (nSPS) is 6.05. The zero-order valence-corrected chi connectivity index (χ0v) is 13.9. The number of nitrogens with zero attached hydrogens (tertiary/aromatic N) is 2. The number of aryl methyl sites for hydroxylation is 1. The Kier molecular flexibility index (Phi) is 38.8. The van der Waals surface area contributed by atoms with Crippen LogP contribution in [0.15, 0.2) is 30.3 Å². The zero-order valence-electron chi connectivity index (χ0n) is 12.9. The molecule has 0 aliphatic carbocycles. The molecule has 0 unspecified atom stereocenters. The number of hydrogen-bond donors (Lipinski definition) is 3. The fourth-order valence-electron chi connectivity index (χ4n) is 0.570. The van der Waals surface area contributed by atoms with Crippen molar-refractivity contribution in [2.45, 2.75) is 27.2 Å². The van der Waals surface area contributed by atoms with E-state index in [1.165, 1.54) is 5.56 Å².